The van der Waals surface area contributed by atoms with E-state index in [0.717, 1.165) is 45.0 Å². The van der Waals surface area contributed by atoms with E-state index >= 15 is 0 Å². The first-order chi connectivity index (χ1) is 16.3. The Morgan fingerprint density at radius 1 is 0.941 bits per heavy atom. The van der Waals surface area contributed by atoms with Gasteiger partial charge in [-0.25, -0.2) is 9.97 Å². The molecule has 9 heteroatoms. The molecule has 0 aliphatic heterocycles. The SMILES string of the molecule is CNCC(O)COc1cccc(-c2nc(-c3c(C)noc3C)c(C)c(-c3c(C)noc3C)n2)c1. The molecule has 1 unspecified atom stereocenters. The molecule has 178 valence electrons. The number of aryl methyl sites for hydroxylation is 4. The number of hydrogen-bond donors (Lipinski definition) is 2. The van der Waals surface area contributed by atoms with Gasteiger partial charge in [0.2, 0.25) is 0 Å². The van der Waals surface area contributed by atoms with Crippen LogP contribution in [-0.4, -0.2) is 51.7 Å². The molecule has 4 aromatic rings. The number of nitrogens with one attached hydrogen (secondary N) is 1. The zero-order valence-corrected chi connectivity index (χ0v) is 20.3. The summed E-state index contributed by atoms with van der Waals surface area (Å²) in [6, 6.07) is 7.51. The standard InChI is InChI=1S/C25H29N5O4/c1-13-23(21-14(2)29-33-16(21)4)27-25(28-24(13)22-15(3)30-34-17(22)5)18-8-7-9-20(10-18)32-12-19(31)11-26-6/h7-10,19,26,31H,11-12H2,1-6H3. The summed E-state index contributed by atoms with van der Waals surface area (Å²) in [4.78, 5) is 9.85. The molecule has 0 bridgehead atoms. The van der Waals surface area contributed by atoms with Gasteiger partial charge in [0, 0.05) is 17.7 Å². The van der Waals surface area contributed by atoms with Crippen LogP contribution >= 0.6 is 0 Å². The Labute approximate surface area is 198 Å². The van der Waals surface area contributed by atoms with E-state index in [1.165, 1.54) is 0 Å². The number of ether oxygens (including phenoxy) is 1. The molecular weight excluding hydrogens is 434 g/mol. The third kappa shape index (κ3) is 4.57. The second kappa shape index (κ2) is 9.74. The van der Waals surface area contributed by atoms with E-state index in [1.807, 2.05) is 58.9 Å². The Bertz CT molecular complexity index is 1200. The molecule has 0 fully saturated rings. The number of likely N-dealkylation sites (N-methyl/N-ethyl adjacent to an activating group) is 1. The van der Waals surface area contributed by atoms with Gasteiger partial charge in [0.25, 0.3) is 0 Å². The number of benzene rings is 1. The molecular formula is C25H29N5O4. The van der Waals surface area contributed by atoms with Crippen LogP contribution in [-0.2, 0) is 0 Å². The lowest BCUT2D eigenvalue weighted by atomic mass is 9.99. The van der Waals surface area contributed by atoms with Crippen LogP contribution in [0.25, 0.3) is 33.9 Å². The highest BCUT2D eigenvalue weighted by Crippen LogP contribution is 2.37. The molecule has 0 aliphatic carbocycles. The van der Waals surface area contributed by atoms with E-state index in [1.54, 1.807) is 7.05 Å². The van der Waals surface area contributed by atoms with Crippen LogP contribution in [0.15, 0.2) is 33.3 Å². The Kier molecular flexibility index (Phi) is 6.76. The van der Waals surface area contributed by atoms with Gasteiger partial charge in [-0.15, -0.1) is 0 Å². The smallest absolute Gasteiger partial charge is 0.160 e. The quantitative estimate of drug-likeness (QED) is 0.400. The van der Waals surface area contributed by atoms with E-state index in [-0.39, 0.29) is 6.61 Å². The van der Waals surface area contributed by atoms with Gasteiger partial charge in [-0.3, -0.25) is 0 Å². The molecule has 3 aromatic heterocycles. The first kappa shape index (κ1) is 23.6. The molecule has 1 atom stereocenters. The molecule has 4 rings (SSSR count). The summed E-state index contributed by atoms with van der Waals surface area (Å²) in [6.07, 6.45) is -0.610. The van der Waals surface area contributed by atoms with Crippen molar-refractivity contribution in [2.45, 2.75) is 40.7 Å². The minimum atomic E-state index is -0.610. The van der Waals surface area contributed by atoms with Crippen molar-refractivity contribution in [2.75, 3.05) is 20.2 Å². The molecule has 3 heterocycles. The zero-order valence-electron chi connectivity index (χ0n) is 20.3. The van der Waals surface area contributed by atoms with Crippen LogP contribution in [0, 0.1) is 34.6 Å². The third-order valence-electron chi connectivity index (χ3n) is 5.66. The molecule has 0 saturated heterocycles. The van der Waals surface area contributed by atoms with Gasteiger partial charge >= 0.3 is 0 Å². The van der Waals surface area contributed by atoms with Gasteiger partial charge in [0.05, 0.1) is 33.9 Å². The lowest BCUT2D eigenvalue weighted by Gasteiger charge is -2.14. The summed E-state index contributed by atoms with van der Waals surface area (Å²) in [5.74, 6) is 2.52. The fourth-order valence-corrected chi connectivity index (χ4v) is 3.99. The normalized spacial score (nSPS) is 12.2. The van der Waals surface area contributed by atoms with Gasteiger partial charge in [-0.1, -0.05) is 22.4 Å². The lowest BCUT2D eigenvalue weighted by molar-refractivity contribution is 0.108. The average Bonchev–Trinajstić information content (AvgIpc) is 3.33. The maximum absolute atomic E-state index is 9.97. The Hall–Kier alpha value is -3.56. The van der Waals surface area contributed by atoms with Crippen molar-refractivity contribution in [2.24, 2.45) is 0 Å². The predicted molar refractivity (Wildman–Crippen MR) is 128 cm³/mol. The highest BCUT2D eigenvalue weighted by Gasteiger charge is 2.24. The van der Waals surface area contributed by atoms with Crippen LogP contribution in [0.1, 0.15) is 28.5 Å². The average molecular weight is 464 g/mol. The second-order valence-corrected chi connectivity index (χ2v) is 8.32. The number of rotatable bonds is 8. The second-order valence-electron chi connectivity index (χ2n) is 8.32. The van der Waals surface area contributed by atoms with Crippen molar-refractivity contribution < 1.29 is 18.9 Å². The lowest BCUT2D eigenvalue weighted by Crippen LogP contribution is -2.29. The van der Waals surface area contributed by atoms with Crippen LogP contribution < -0.4 is 10.1 Å². The summed E-state index contributed by atoms with van der Waals surface area (Å²) in [5, 5.41) is 21.1. The van der Waals surface area contributed by atoms with E-state index in [2.05, 4.69) is 15.6 Å². The molecule has 9 nitrogen and oxygen atoms in total. The fourth-order valence-electron chi connectivity index (χ4n) is 3.99. The van der Waals surface area contributed by atoms with Gasteiger partial charge in [0.1, 0.15) is 30.0 Å². The first-order valence-electron chi connectivity index (χ1n) is 11.1. The highest BCUT2D eigenvalue weighted by molar-refractivity contribution is 5.79. The molecule has 0 amide bonds. The number of aliphatic hydroxyl groups is 1. The summed E-state index contributed by atoms with van der Waals surface area (Å²) in [5.41, 5.74) is 6.35. The minimum Gasteiger partial charge on any atom is -0.491 e. The zero-order chi connectivity index (χ0) is 24.4. The number of aliphatic hydroxyl groups excluding tert-OH is 1. The molecule has 1 aromatic carbocycles. The summed E-state index contributed by atoms with van der Waals surface area (Å²) < 4.78 is 16.7. The summed E-state index contributed by atoms with van der Waals surface area (Å²) >= 11 is 0. The van der Waals surface area contributed by atoms with E-state index in [0.29, 0.717) is 29.6 Å². The number of nitrogens with zero attached hydrogens (tertiary/aromatic N) is 4. The predicted octanol–water partition coefficient (Wildman–Crippen LogP) is 3.95. The highest BCUT2D eigenvalue weighted by atomic mass is 16.5. The van der Waals surface area contributed by atoms with E-state index < -0.39 is 6.10 Å². The molecule has 2 N–H and O–H groups in total. The molecule has 0 radical (unpaired) electrons. The van der Waals surface area contributed by atoms with E-state index in [4.69, 9.17) is 23.8 Å². The number of hydrogen-bond acceptors (Lipinski definition) is 9. The Morgan fingerprint density at radius 2 is 1.53 bits per heavy atom. The van der Waals surface area contributed by atoms with Gasteiger partial charge < -0.3 is 24.2 Å². The van der Waals surface area contributed by atoms with Crippen molar-refractivity contribution in [1.29, 1.82) is 0 Å². The first-order valence-corrected chi connectivity index (χ1v) is 11.1. The van der Waals surface area contributed by atoms with Crippen molar-refractivity contribution in [1.82, 2.24) is 25.6 Å². The Morgan fingerprint density at radius 3 is 2.03 bits per heavy atom. The maximum Gasteiger partial charge on any atom is 0.160 e. The molecule has 0 spiro atoms. The van der Waals surface area contributed by atoms with Crippen molar-refractivity contribution in [3.05, 3.63) is 52.7 Å². The topological polar surface area (TPSA) is 119 Å². The van der Waals surface area contributed by atoms with Crippen LogP contribution in [0.4, 0.5) is 0 Å². The van der Waals surface area contributed by atoms with Gasteiger partial charge in [-0.05, 0) is 53.8 Å². The van der Waals surface area contributed by atoms with Gasteiger partial charge in [0.15, 0.2) is 5.82 Å². The van der Waals surface area contributed by atoms with Crippen molar-refractivity contribution in [3.8, 4) is 39.7 Å². The summed E-state index contributed by atoms with van der Waals surface area (Å²) in [6.45, 7) is 10.1. The number of aromatic nitrogens is 4. The van der Waals surface area contributed by atoms with Crippen molar-refractivity contribution in [3.63, 3.8) is 0 Å². The largest absolute Gasteiger partial charge is 0.491 e. The van der Waals surface area contributed by atoms with Crippen LogP contribution in [0.5, 0.6) is 5.75 Å². The molecule has 0 saturated carbocycles. The van der Waals surface area contributed by atoms with Crippen LogP contribution in [0.2, 0.25) is 0 Å². The van der Waals surface area contributed by atoms with Crippen molar-refractivity contribution >= 4 is 0 Å². The minimum absolute atomic E-state index is 0.174. The Balaban J connectivity index is 1.85. The van der Waals surface area contributed by atoms with Gasteiger partial charge in [-0.2, -0.15) is 0 Å². The van der Waals surface area contributed by atoms with Crippen LogP contribution in [0.3, 0.4) is 0 Å². The van der Waals surface area contributed by atoms with E-state index in [9.17, 15) is 5.11 Å². The maximum atomic E-state index is 9.97. The molecule has 0 aliphatic rings. The third-order valence-corrected chi connectivity index (χ3v) is 5.66. The monoisotopic (exact) mass is 463 g/mol. The molecule has 34 heavy (non-hydrogen) atoms. The fraction of sp³-hybridized carbons (Fsp3) is 0.360. The summed E-state index contributed by atoms with van der Waals surface area (Å²) in [7, 11) is 1.78.